The second kappa shape index (κ2) is 9.14. The van der Waals surface area contributed by atoms with Crippen molar-refractivity contribution < 1.29 is 4.79 Å². The van der Waals surface area contributed by atoms with Gasteiger partial charge in [-0.05, 0) is 24.3 Å². The lowest BCUT2D eigenvalue weighted by Gasteiger charge is -2.18. The van der Waals surface area contributed by atoms with Crippen LogP contribution in [0.25, 0.3) is 23.0 Å². The second-order valence-corrected chi connectivity index (χ2v) is 8.10. The number of halogens is 1. The number of nitrogens with zero attached hydrogens (tertiary/aromatic N) is 6. The number of aromatic nitrogens is 4. The van der Waals surface area contributed by atoms with Crippen LogP contribution in [-0.4, -0.2) is 25.7 Å². The van der Waals surface area contributed by atoms with Crippen molar-refractivity contribution >= 4 is 51.3 Å². The van der Waals surface area contributed by atoms with Gasteiger partial charge < -0.3 is 4.57 Å². The van der Waals surface area contributed by atoms with Gasteiger partial charge in [-0.3, -0.25) is 9.69 Å². The number of rotatable bonds is 5. The molecule has 158 valence electrons. The maximum absolute atomic E-state index is 12.3. The number of thiazole rings is 1. The molecule has 32 heavy (non-hydrogen) atoms. The molecule has 2 heterocycles. The van der Waals surface area contributed by atoms with E-state index in [9.17, 15) is 10.1 Å². The number of nitriles is 1. The molecule has 0 saturated heterocycles. The molecule has 1 amide bonds. The number of allylic oxidation sites excluding steroid dienone is 1. The summed E-state index contributed by atoms with van der Waals surface area (Å²) in [6, 6.07) is 18.8. The fraction of sp³-hybridized carbons (Fsp3) is 0.0870. The fourth-order valence-electron chi connectivity index (χ4n) is 3.18. The summed E-state index contributed by atoms with van der Waals surface area (Å²) in [5.74, 6) is 0.891. The monoisotopic (exact) mass is 460 g/mol. The highest BCUT2D eigenvalue weighted by molar-refractivity contribution is 7.14. The van der Waals surface area contributed by atoms with Crippen molar-refractivity contribution in [3.8, 4) is 17.5 Å². The van der Waals surface area contributed by atoms with Crippen LogP contribution in [0.3, 0.4) is 0 Å². The third-order valence-corrected chi connectivity index (χ3v) is 5.72. The van der Waals surface area contributed by atoms with Crippen LogP contribution in [0.1, 0.15) is 18.4 Å². The number of hydrogen-bond donors (Lipinski definition) is 0. The predicted octanol–water partition coefficient (Wildman–Crippen LogP) is 5.34. The molecule has 0 aliphatic rings. The largest absolute Gasteiger partial charge is 0.310 e. The van der Waals surface area contributed by atoms with E-state index >= 15 is 0 Å². The fourth-order valence-corrected chi connectivity index (χ4v) is 4.21. The van der Waals surface area contributed by atoms with E-state index in [-0.39, 0.29) is 5.91 Å². The summed E-state index contributed by atoms with van der Waals surface area (Å²) in [5, 5.41) is 21.0. The zero-order valence-corrected chi connectivity index (χ0v) is 18.8. The molecule has 0 atom stereocenters. The maximum atomic E-state index is 12.3. The summed E-state index contributed by atoms with van der Waals surface area (Å²) in [4.78, 5) is 18.3. The molecule has 0 aliphatic carbocycles. The van der Waals surface area contributed by atoms with Gasteiger partial charge in [0.2, 0.25) is 5.91 Å². The Morgan fingerprint density at radius 3 is 2.66 bits per heavy atom. The van der Waals surface area contributed by atoms with Crippen molar-refractivity contribution in [3.63, 3.8) is 0 Å². The van der Waals surface area contributed by atoms with Gasteiger partial charge in [0, 0.05) is 29.9 Å². The first-order valence-electron chi connectivity index (χ1n) is 9.56. The zero-order chi connectivity index (χ0) is 22.7. The van der Waals surface area contributed by atoms with Crippen LogP contribution in [0.2, 0.25) is 5.02 Å². The van der Waals surface area contributed by atoms with Gasteiger partial charge in [-0.15, -0.1) is 21.5 Å². The Labute approximate surface area is 193 Å². The topological polar surface area (TPSA) is 87.7 Å². The number of benzene rings is 2. The van der Waals surface area contributed by atoms with Crippen LogP contribution in [0.15, 0.2) is 60.0 Å². The van der Waals surface area contributed by atoms with Gasteiger partial charge in [0.05, 0.1) is 17.0 Å². The van der Waals surface area contributed by atoms with E-state index in [1.165, 1.54) is 23.2 Å². The summed E-state index contributed by atoms with van der Waals surface area (Å²) in [5.41, 5.74) is 2.38. The van der Waals surface area contributed by atoms with E-state index in [1.54, 1.807) is 40.3 Å². The summed E-state index contributed by atoms with van der Waals surface area (Å²) in [6.07, 6.45) is 1.63. The average Bonchev–Trinajstić information content (AvgIpc) is 3.39. The van der Waals surface area contributed by atoms with Crippen LogP contribution in [0, 0.1) is 11.3 Å². The highest BCUT2D eigenvalue weighted by Gasteiger charge is 2.19. The molecule has 9 heteroatoms. The molecule has 2 aromatic carbocycles. The molecule has 4 aromatic rings. The van der Waals surface area contributed by atoms with Gasteiger partial charge in [-0.1, -0.05) is 48.0 Å². The van der Waals surface area contributed by atoms with Crippen molar-refractivity contribution in [2.75, 3.05) is 4.90 Å². The highest BCUT2D eigenvalue weighted by Crippen LogP contribution is 2.31. The van der Waals surface area contributed by atoms with E-state index in [0.717, 1.165) is 5.56 Å². The summed E-state index contributed by atoms with van der Waals surface area (Å²) in [7, 11) is 1.81. The molecule has 4 rings (SSSR count). The average molecular weight is 461 g/mol. The van der Waals surface area contributed by atoms with Gasteiger partial charge in [0.1, 0.15) is 6.07 Å². The number of amides is 1. The second-order valence-electron chi connectivity index (χ2n) is 6.83. The Hall–Kier alpha value is -3.80. The molecule has 0 spiro atoms. The standard InChI is InChI=1S/C23H17ClN6OS/c1-15(31)30(20-10-6-9-18(24)12-20)23-26-19(14-32-23)11-17(13-25)22-28-27-21(29(22)2)16-7-4-3-5-8-16/h3-12,14H,1-2H3/b17-11-. The van der Waals surface area contributed by atoms with Crippen molar-refractivity contribution in [2.45, 2.75) is 6.92 Å². The Kier molecular flexibility index (Phi) is 6.12. The van der Waals surface area contributed by atoms with Crippen LogP contribution in [0.5, 0.6) is 0 Å². The van der Waals surface area contributed by atoms with Crippen LogP contribution >= 0.6 is 22.9 Å². The molecule has 0 radical (unpaired) electrons. The molecular formula is C23H17ClN6OS. The first-order chi connectivity index (χ1) is 15.5. The summed E-state index contributed by atoms with van der Waals surface area (Å²) >= 11 is 7.38. The lowest BCUT2D eigenvalue weighted by molar-refractivity contribution is -0.115. The van der Waals surface area contributed by atoms with Crippen molar-refractivity contribution in [2.24, 2.45) is 7.05 Å². The molecular weight excluding hydrogens is 444 g/mol. The number of hydrogen-bond acceptors (Lipinski definition) is 6. The van der Waals surface area contributed by atoms with Crippen molar-refractivity contribution in [1.29, 1.82) is 5.26 Å². The minimum Gasteiger partial charge on any atom is -0.310 e. The van der Waals surface area contributed by atoms with Gasteiger partial charge in [0.25, 0.3) is 0 Å². The zero-order valence-electron chi connectivity index (χ0n) is 17.2. The smallest absolute Gasteiger partial charge is 0.230 e. The van der Waals surface area contributed by atoms with E-state index in [0.29, 0.717) is 38.8 Å². The van der Waals surface area contributed by atoms with Crippen LogP contribution in [0.4, 0.5) is 10.8 Å². The number of carbonyl (C=O) groups is 1. The van der Waals surface area contributed by atoms with E-state index in [4.69, 9.17) is 11.6 Å². The Balaban J connectivity index is 1.68. The molecule has 0 bridgehead atoms. The molecule has 0 N–H and O–H groups in total. The first-order valence-corrected chi connectivity index (χ1v) is 10.8. The molecule has 0 aliphatic heterocycles. The maximum Gasteiger partial charge on any atom is 0.230 e. The van der Waals surface area contributed by atoms with E-state index in [1.807, 2.05) is 37.4 Å². The van der Waals surface area contributed by atoms with Crippen molar-refractivity contribution in [3.05, 3.63) is 76.5 Å². The quantitative estimate of drug-likeness (QED) is 0.375. The van der Waals surface area contributed by atoms with Gasteiger partial charge in [-0.2, -0.15) is 5.26 Å². The van der Waals surface area contributed by atoms with E-state index < -0.39 is 0 Å². The minimum atomic E-state index is -0.196. The lowest BCUT2D eigenvalue weighted by Crippen LogP contribution is -2.22. The molecule has 2 aromatic heterocycles. The Morgan fingerprint density at radius 2 is 1.97 bits per heavy atom. The summed E-state index contributed by atoms with van der Waals surface area (Å²) < 4.78 is 1.77. The molecule has 7 nitrogen and oxygen atoms in total. The van der Waals surface area contributed by atoms with Gasteiger partial charge >= 0.3 is 0 Å². The van der Waals surface area contributed by atoms with Crippen LogP contribution < -0.4 is 4.90 Å². The SMILES string of the molecule is CC(=O)N(c1cccc(Cl)c1)c1nc(/C=C(/C#N)c2nnc(-c3ccccc3)n2C)cs1. The van der Waals surface area contributed by atoms with Gasteiger partial charge in [-0.25, -0.2) is 4.98 Å². The minimum absolute atomic E-state index is 0.196. The van der Waals surface area contributed by atoms with Crippen LogP contribution in [-0.2, 0) is 11.8 Å². The predicted molar refractivity (Wildman–Crippen MR) is 126 cm³/mol. The Morgan fingerprint density at radius 1 is 1.19 bits per heavy atom. The first kappa shape index (κ1) is 21.4. The third-order valence-electron chi connectivity index (χ3n) is 4.64. The normalized spacial score (nSPS) is 11.2. The van der Waals surface area contributed by atoms with Gasteiger partial charge in [0.15, 0.2) is 16.8 Å². The third kappa shape index (κ3) is 4.30. The number of carbonyl (C=O) groups excluding carboxylic acids is 1. The van der Waals surface area contributed by atoms with Crippen molar-refractivity contribution in [1.82, 2.24) is 19.7 Å². The lowest BCUT2D eigenvalue weighted by atomic mass is 10.2. The summed E-state index contributed by atoms with van der Waals surface area (Å²) in [6.45, 7) is 1.46. The van der Waals surface area contributed by atoms with E-state index in [2.05, 4.69) is 21.3 Å². The number of anilines is 2. The Bertz CT molecular complexity index is 1350. The molecule has 0 unspecified atom stereocenters. The molecule has 0 fully saturated rings. The highest BCUT2D eigenvalue weighted by atomic mass is 35.5. The molecule has 0 saturated carbocycles.